The van der Waals surface area contributed by atoms with Gasteiger partial charge in [-0.15, -0.1) is 0 Å². The lowest BCUT2D eigenvalue weighted by Crippen LogP contribution is -2.07. The van der Waals surface area contributed by atoms with Crippen LogP contribution in [0.3, 0.4) is 0 Å². The molecular weight excluding hydrogens is 264 g/mol. The number of thioether (sulfide) groups is 2. The molecule has 1 heterocycles. The minimum atomic E-state index is -0.348. The van der Waals surface area contributed by atoms with Gasteiger partial charge >= 0.3 is 6.03 Å². The minimum absolute atomic E-state index is 0.348. The van der Waals surface area contributed by atoms with Crippen molar-refractivity contribution in [3.63, 3.8) is 0 Å². The SMILES string of the molecule is O=C(N=C1SCCS1)Nc1cccc(Cl)c1. The number of urea groups is 1. The summed E-state index contributed by atoms with van der Waals surface area (Å²) in [5.41, 5.74) is 0.662. The second kappa shape index (κ2) is 5.61. The lowest BCUT2D eigenvalue weighted by atomic mass is 10.3. The summed E-state index contributed by atoms with van der Waals surface area (Å²) < 4.78 is 0.833. The zero-order chi connectivity index (χ0) is 11.4. The third-order valence-electron chi connectivity index (χ3n) is 1.80. The van der Waals surface area contributed by atoms with E-state index in [1.165, 1.54) is 0 Å². The number of carbonyl (C=O) groups is 1. The van der Waals surface area contributed by atoms with Crippen LogP contribution in [0.2, 0.25) is 5.02 Å². The Bertz CT molecular complexity index is 429. The molecular formula is C10H9ClN2OS2. The highest BCUT2D eigenvalue weighted by Crippen LogP contribution is 2.26. The quantitative estimate of drug-likeness (QED) is 0.847. The van der Waals surface area contributed by atoms with Crippen molar-refractivity contribution in [1.29, 1.82) is 0 Å². The number of nitrogens with zero attached hydrogens (tertiary/aromatic N) is 1. The van der Waals surface area contributed by atoms with Crippen LogP contribution in [0.1, 0.15) is 0 Å². The topological polar surface area (TPSA) is 41.5 Å². The Hall–Kier alpha value is -0.650. The zero-order valence-corrected chi connectivity index (χ0v) is 10.7. The second-order valence-corrected chi connectivity index (χ2v) is 5.88. The number of amides is 2. The van der Waals surface area contributed by atoms with Gasteiger partial charge in [-0.2, -0.15) is 4.99 Å². The molecule has 16 heavy (non-hydrogen) atoms. The van der Waals surface area contributed by atoms with Crippen LogP contribution in [0.5, 0.6) is 0 Å². The number of carbonyl (C=O) groups excluding carboxylic acids is 1. The van der Waals surface area contributed by atoms with Crippen molar-refractivity contribution in [3.05, 3.63) is 29.3 Å². The second-order valence-electron chi connectivity index (χ2n) is 3.02. The average Bonchev–Trinajstić information content (AvgIpc) is 2.70. The summed E-state index contributed by atoms with van der Waals surface area (Å²) in [6.45, 7) is 0. The van der Waals surface area contributed by atoms with Crippen molar-refractivity contribution in [3.8, 4) is 0 Å². The molecule has 84 valence electrons. The summed E-state index contributed by atoms with van der Waals surface area (Å²) in [4.78, 5) is 15.5. The number of hydrogen-bond acceptors (Lipinski definition) is 3. The number of hydrogen-bond donors (Lipinski definition) is 1. The highest BCUT2D eigenvalue weighted by Gasteiger charge is 2.11. The van der Waals surface area contributed by atoms with Gasteiger partial charge in [0.25, 0.3) is 0 Å². The molecule has 0 bridgehead atoms. The third kappa shape index (κ3) is 3.43. The monoisotopic (exact) mass is 272 g/mol. The van der Waals surface area contributed by atoms with Crippen LogP contribution in [0.25, 0.3) is 0 Å². The van der Waals surface area contributed by atoms with Crippen molar-refractivity contribution in [2.24, 2.45) is 4.99 Å². The van der Waals surface area contributed by atoms with E-state index in [0.717, 1.165) is 15.9 Å². The maximum Gasteiger partial charge on any atom is 0.346 e. The van der Waals surface area contributed by atoms with E-state index >= 15 is 0 Å². The van der Waals surface area contributed by atoms with Gasteiger partial charge in [0, 0.05) is 22.2 Å². The molecule has 0 saturated carbocycles. The fourth-order valence-corrected chi connectivity index (χ4v) is 3.50. The highest BCUT2D eigenvalue weighted by molar-refractivity contribution is 8.41. The molecule has 1 fully saturated rings. The van der Waals surface area contributed by atoms with Crippen molar-refractivity contribution < 1.29 is 4.79 Å². The number of benzene rings is 1. The average molecular weight is 273 g/mol. The summed E-state index contributed by atoms with van der Waals surface area (Å²) >= 11 is 9.02. The fraction of sp³-hybridized carbons (Fsp3) is 0.200. The van der Waals surface area contributed by atoms with E-state index in [9.17, 15) is 4.79 Å². The third-order valence-corrected chi connectivity index (χ3v) is 4.50. The van der Waals surface area contributed by atoms with Crippen molar-refractivity contribution in [1.82, 2.24) is 0 Å². The van der Waals surface area contributed by atoms with Crippen LogP contribution in [-0.4, -0.2) is 21.9 Å². The first-order chi connectivity index (χ1) is 7.74. The van der Waals surface area contributed by atoms with Gasteiger partial charge in [-0.1, -0.05) is 41.2 Å². The largest absolute Gasteiger partial charge is 0.346 e. The van der Waals surface area contributed by atoms with E-state index in [2.05, 4.69) is 10.3 Å². The molecule has 2 amide bonds. The molecule has 1 aromatic rings. The van der Waals surface area contributed by atoms with Gasteiger partial charge in [0.15, 0.2) is 0 Å². The van der Waals surface area contributed by atoms with Crippen LogP contribution < -0.4 is 5.32 Å². The molecule has 0 spiro atoms. The van der Waals surface area contributed by atoms with Crippen LogP contribution >= 0.6 is 35.1 Å². The van der Waals surface area contributed by atoms with E-state index in [1.54, 1.807) is 47.8 Å². The van der Waals surface area contributed by atoms with Crippen molar-refractivity contribution in [2.45, 2.75) is 0 Å². The Labute approximate surface area is 107 Å². The van der Waals surface area contributed by atoms with E-state index < -0.39 is 0 Å². The number of halogens is 1. The van der Waals surface area contributed by atoms with Crippen molar-refractivity contribution in [2.75, 3.05) is 16.8 Å². The summed E-state index contributed by atoms with van der Waals surface area (Å²) in [7, 11) is 0. The first-order valence-electron chi connectivity index (χ1n) is 4.65. The first-order valence-corrected chi connectivity index (χ1v) is 7.00. The molecule has 1 N–H and O–H groups in total. The maximum absolute atomic E-state index is 11.5. The Morgan fingerprint density at radius 3 is 2.81 bits per heavy atom. The molecule has 6 heteroatoms. The van der Waals surface area contributed by atoms with E-state index in [0.29, 0.717) is 10.7 Å². The summed E-state index contributed by atoms with van der Waals surface area (Å²) in [6.07, 6.45) is 0. The number of rotatable bonds is 1. The van der Waals surface area contributed by atoms with Gasteiger partial charge in [-0.3, -0.25) is 0 Å². The highest BCUT2D eigenvalue weighted by atomic mass is 35.5. The Morgan fingerprint density at radius 1 is 1.38 bits per heavy atom. The number of nitrogens with one attached hydrogen (secondary N) is 1. The lowest BCUT2D eigenvalue weighted by Gasteiger charge is -2.01. The molecule has 3 nitrogen and oxygen atoms in total. The predicted molar refractivity (Wildman–Crippen MR) is 72.8 cm³/mol. The standard InChI is InChI=1S/C10H9ClN2OS2/c11-7-2-1-3-8(6-7)12-9(14)13-10-15-4-5-16-10/h1-3,6H,4-5H2,(H,12,14). The van der Waals surface area contributed by atoms with Gasteiger partial charge in [-0.05, 0) is 18.2 Å². The fourth-order valence-electron chi connectivity index (χ4n) is 1.16. The lowest BCUT2D eigenvalue weighted by molar-refractivity contribution is 0.259. The van der Waals surface area contributed by atoms with Gasteiger partial charge in [0.1, 0.15) is 4.38 Å². The molecule has 0 aliphatic carbocycles. The van der Waals surface area contributed by atoms with Crippen LogP contribution in [-0.2, 0) is 0 Å². The van der Waals surface area contributed by atoms with Crippen LogP contribution in [0, 0.1) is 0 Å². The summed E-state index contributed by atoms with van der Waals surface area (Å²) in [6, 6.07) is 6.66. The molecule has 1 aliphatic rings. The minimum Gasteiger partial charge on any atom is -0.306 e. The Morgan fingerprint density at radius 2 is 2.12 bits per heavy atom. The molecule has 0 aromatic heterocycles. The molecule has 0 unspecified atom stereocenters. The predicted octanol–water partition coefficient (Wildman–Crippen LogP) is 3.71. The molecule has 0 radical (unpaired) electrons. The molecule has 2 rings (SSSR count). The Kier molecular flexibility index (Phi) is 4.15. The molecule has 1 saturated heterocycles. The van der Waals surface area contributed by atoms with E-state index in [1.807, 2.05) is 0 Å². The molecule has 1 aromatic carbocycles. The van der Waals surface area contributed by atoms with Gasteiger partial charge in [-0.25, -0.2) is 4.79 Å². The van der Waals surface area contributed by atoms with Gasteiger partial charge in [0.05, 0.1) is 0 Å². The van der Waals surface area contributed by atoms with Crippen molar-refractivity contribution >= 4 is 51.2 Å². The zero-order valence-electron chi connectivity index (χ0n) is 8.27. The van der Waals surface area contributed by atoms with Gasteiger partial charge in [0.2, 0.25) is 0 Å². The number of aliphatic imine (C=N–C) groups is 1. The first kappa shape index (κ1) is 11.8. The van der Waals surface area contributed by atoms with Crippen LogP contribution in [0.4, 0.5) is 10.5 Å². The summed E-state index contributed by atoms with van der Waals surface area (Å²) in [5.74, 6) is 2.04. The molecule has 0 atom stereocenters. The van der Waals surface area contributed by atoms with E-state index in [4.69, 9.17) is 11.6 Å². The Balaban J connectivity index is 1.99. The van der Waals surface area contributed by atoms with Crippen LogP contribution in [0.15, 0.2) is 29.3 Å². The summed E-state index contributed by atoms with van der Waals surface area (Å²) in [5, 5.41) is 3.26. The number of anilines is 1. The van der Waals surface area contributed by atoms with E-state index in [-0.39, 0.29) is 6.03 Å². The van der Waals surface area contributed by atoms with Gasteiger partial charge < -0.3 is 5.32 Å². The molecule has 1 aliphatic heterocycles. The normalized spacial score (nSPS) is 14.9. The smallest absolute Gasteiger partial charge is 0.306 e. The maximum atomic E-state index is 11.5.